The largest absolute Gasteiger partial charge is 0.496 e. The number of carbonyl (C=O) groups excluding carboxylic acids is 1. The number of nitrogens with zero attached hydrogens (tertiary/aromatic N) is 1. The fraction of sp³-hybridized carbons (Fsp3) is 0.480. The van der Waals surface area contributed by atoms with Gasteiger partial charge in [0.05, 0.1) is 52.0 Å². The van der Waals surface area contributed by atoms with E-state index in [9.17, 15) is 13.2 Å². The Labute approximate surface area is 207 Å². The van der Waals surface area contributed by atoms with Crippen LogP contribution in [-0.2, 0) is 21.4 Å². The molecule has 0 aliphatic heterocycles. The molecular weight excluding hydrogens is 472 g/mol. The van der Waals surface area contributed by atoms with Crippen LogP contribution in [0.5, 0.6) is 23.0 Å². The van der Waals surface area contributed by atoms with Gasteiger partial charge in [0, 0.05) is 12.1 Å². The van der Waals surface area contributed by atoms with Crippen molar-refractivity contribution in [2.45, 2.75) is 49.6 Å². The maximum atomic E-state index is 13.7. The molecule has 192 valence electrons. The maximum absolute atomic E-state index is 13.7. The minimum absolute atomic E-state index is 0.0555. The Balaban J connectivity index is 1.85. The molecule has 2 aromatic carbocycles. The van der Waals surface area contributed by atoms with Gasteiger partial charge in [0.2, 0.25) is 15.9 Å². The molecule has 9 nitrogen and oxygen atoms in total. The molecule has 0 atom stereocenters. The summed E-state index contributed by atoms with van der Waals surface area (Å²) in [6.07, 6.45) is 4.31. The third-order valence-electron chi connectivity index (χ3n) is 6.24. The smallest absolute Gasteiger partial charge is 0.243 e. The van der Waals surface area contributed by atoms with Crippen LogP contribution in [0, 0.1) is 0 Å². The predicted octanol–water partition coefficient (Wildman–Crippen LogP) is 3.36. The van der Waals surface area contributed by atoms with E-state index in [1.807, 2.05) is 0 Å². The van der Waals surface area contributed by atoms with Crippen LogP contribution in [0.15, 0.2) is 41.3 Å². The molecule has 1 fully saturated rings. The van der Waals surface area contributed by atoms with E-state index < -0.39 is 15.9 Å². The van der Waals surface area contributed by atoms with E-state index in [4.69, 9.17) is 18.9 Å². The summed E-state index contributed by atoms with van der Waals surface area (Å²) in [6.45, 7) is -0.153. The number of ether oxygens (including phenoxy) is 4. The lowest BCUT2D eigenvalue weighted by Crippen LogP contribution is -2.47. The highest BCUT2D eigenvalue weighted by Gasteiger charge is 2.34. The zero-order chi connectivity index (χ0) is 25.4. The van der Waals surface area contributed by atoms with Crippen molar-refractivity contribution in [2.75, 3.05) is 35.0 Å². The van der Waals surface area contributed by atoms with Crippen LogP contribution in [-0.4, -0.2) is 59.7 Å². The van der Waals surface area contributed by atoms with Crippen LogP contribution in [0.1, 0.15) is 37.7 Å². The minimum atomic E-state index is -3.97. The van der Waals surface area contributed by atoms with E-state index in [-0.39, 0.29) is 24.0 Å². The number of hydrogen-bond donors (Lipinski definition) is 1. The SMILES string of the molecule is COc1ccc(S(=O)(=O)N(CC(=O)NCc2c(OC)cccc2OC)C2CCCCC2)cc1OC. The topological polar surface area (TPSA) is 103 Å². The Morgan fingerprint density at radius 3 is 2.06 bits per heavy atom. The number of carbonyl (C=O) groups is 1. The van der Waals surface area contributed by atoms with Gasteiger partial charge in [0.1, 0.15) is 11.5 Å². The molecule has 1 N–H and O–H groups in total. The number of methoxy groups -OCH3 is 4. The molecule has 10 heteroatoms. The van der Waals surface area contributed by atoms with Gasteiger partial charge in [-0.3, -0.25) is 4.79 Å². The Kier molecular flexibility index (Phi) is 9.22. The van der Waals surface area contributed by atoms with E-state index >= 15 is 0 Å². The molecule has 0 unspecified atom stereocenters. The van der Waals surface area contributed by atoms with Gasteiger partial charge in [-0.1, -0.05) is 25.3 Å². The van der Waals surface area contributed by atoms with E-state index in [0.717, 1.165) is 19.3 Å². The third kappa shape index (κ3) is 6.18. The molecule has 0 spiro atoms. The summed E-state index contributed by atoms with van der Waals surface area (Å²) in [6, 6.07) is 9.56. The van der Waals surface area contributed by atoms with E-state index in [2.05, 4.69) is 5.32 Å². The van der Waals surface area contributed by atoms with Crippen molar-refractivity contribution in [3.05, 3.63) is 42.0 Å². The molecule has 0 heterocycles. The lowest BCUT2D eigenvalue weighted by atomic mass is 9.95. The number of sulfonamides is 1. The third-order valence-corrected chi connectivity index (χ3v) is 8.13. The predicted molar refractivity (Wildman–Crippen MR) is 132 cm³/mol. The first-order valence-corrected chi connectivity index (χ1v) is 13.0. The Morgan fingerprint density at radius 2 is 1.49 bits per heavy atom. The fourth-order valence-corrected chi connectivity index (χ4v) is 6.04. The molecule has 1 saturated carbocycles. The molecule has 0 radical (unpaired) electrons. The van der Waals surface area contributed by atoms with Gasteiger partial charge in [-0.25, -0.2) is 8.42 Å². The molecule has 1 amide bonds. The summed E-state index contributed by atoms with van der Waals surface area (Å²) < 4.78 is 50.1. The summed E-state index contributed by atoms with van der Waals surface area (Å²) in [7, 11) is 2.05. The molecule has 1 aliphatic rings. The van der Waals surface area contributed by atoms with Crippen molar-refractivity contribution < 1.29 is 32.2 Å². The first kappa shape index (κ1) is 26.6. The normalized spacial score (nSPS) is 14.4. The van der Waals surface area contributed by atoms with Gasteiger partial charge in [0.25, 0.3) is 0 Å². The Bertz CT molecular complexity index is 1090. The van der Waals surface area contributed by atoms with Gasteiger partial charge in [0.15, 0.2) is 11.5 Å². The highest BCUT2D eigenvalue weighted by atomic mass is 32.2. The second-order valence-electron chi connectivity index (χ2n) is 8.28. The molecule has 0 aromatic heterocycles. The first-order chi connectivity index (χ1) is 16.8. The van der Waals surface area contributed by atoms with Gasteiger partial charge in [-0.15, -0.1) is 0 Å². The Morgan fingerprint density at radius 1 is 0.886 bits per heavy atom. The quantitative estimate of drug-likeness (QED) is 0.498. The van der Waals surface area contributed by atoms with Crippen LogP contribution in [0.3, 0.4) is 0 Å². The zero-order valence-electron chi connectivity index (χ0n) is 20.7. The summed E-state index contributed by atoms with van der Waals surface area (Å²) in [5.41, 5.74) is 0.679. The van der Waals surface area contributed by atoms with Crippen LogP contribution < -0.4 is 24.3 Å². The molecule has 3 rings (SSSR count). The van der Waals surface area contributed by atoms with E-state index in [1.54, 1.807) is 38.5 Å². The lowest BCUT2D eigenvalue weighted by molar-refractivity contribution is -0.121. The van der Waals surface area contributed by atoms with Crippen LogP contribution in [0.25, 0.3) is 0 Å². The van der Waals surface area contributed by atoms with Gasteiger partial charge >= 0.3 is 0 Å². The van der Waals surface area contributed by atoms with Gasteiger partial charge < -0.3 is 24.3 Å². The second kappa shape index (κ2) is 12.1. The first-order valence-electron chi connectivity index (χ1n) is 11.6. The standard InChI is InChI=1S/C25H34N2O7S/c1-31-21-11-8-12-22(32-2)20(21)16-26-25(28)17-27(18-9-6-5-7-10-18)35(29,30)19-13-14-23(33-3)24(15-19)34-4/h8,11-15,18H,5-7,9-10,16-17H2,1-4H3,(H,26,28). The number of hydrogen-bond acceptors (Lipinski definition) is 7. The highest BCUT2D eigenvalue weighted by Crippen LogP contribution is 2.33. The van der Waals surface area contributed by atoms with Crippen molar-refractivity contribution in [1.82, 2.24) is 9.62 Å². The van der Waals surface area contributed by atoms with Crippen molar-refractivity contribution in [1.29, 1.82) is 0 Å². The average molecular weight is 507 g/mol. The molecule has 0 saturated heterocycles. The summed E-state index contributed by atoms with van der Waals surface area (Å²) >= 11 is 0. The van der Waals surface area contributed by atoms with Gasteiger partial charge in [-0.2, -0.15) is 4.31 Å². The van der Waals surface area contributed by atoms with E-state index in [0.29, 0.717) is 41.4 Å². The molecule has 0 bridgehead atoms. The monoisotopic (exact) mass is 506 g/mol. The van der Waals surface area contributed by atoms with Crippen LogP contribution >= 0.6 is 0 Å². The van der Waals surface area contributed by atoms with Crippen molar-refractivity contribution in [3.8, 4) is 23.0 Å². The fourth-order valence-electron chi connectivity index (χ4n) is 4.38. The lowest BCUT2D eigenvalue weighted by Gasteiger charge is -2.33. The molecule has 2 aromatic rings. The molecule has 1 aliphatic carbocycles. The summed E-state index contributed by atoms with van der Waals surface area (Å²) in [5.74, 6) is 1.48. The average Bonchev–Trinajstić information content (AvgIpc) is 2.90. The minimum Gasteiger partial charge on any atom is -0.496 e. The second-order valence-corrected chi connectivity index (χ2v) is 10.2. The number of amides is 1. The Hall–Kier alpha value is -2.98. The van der Waals surface area contributed by atoms with Crippen LogP contribution in [0.4, 0.5) is 0 Å². The van der Waals surface area contributed by atoms with Crippen molar-refractivity contribution in [3.63, 3.8) is 0 Å². The molecule has 35 heavy (non-hydrogen) atoms. The maximum Gasteiger partial charge on any atom is 0.243 e. The highest BCUT2D eigenvalue weighted by molar-refractivity contribution is 7.89. The number of nitrogens with one attached hydrogen (secondary N) is 1. The van der Waals surface area contributed by atoms with Crippen LogP contribution in [0.2, 0.25) is 0 Å². The summed E-state index contributed by atoms with van der Waals surface area (Å²) in [5, 5.41) is 2.83. The van der Waals surface area contributed by atoms with E-state index in [1.165, 1.54) is 30.7 Å². The van der Waals surface area contributed by atoms with Crippen molar-refractivity contribution >= 4 is 15.9 Å². The van der Waals surface area contributed by atoms with Gasteiger partial charge in [-0.05, 0) is 37.1 Å². The zero-order valence-corrected chi connectivity index (χ0v) is 21.5. The number of rotatable bonds is 11. The number of benzene rings is 2. The molecular formula is C25H34N2O7S. The summed E-state index contributed by atoms with van der Waals surface area (Å²) in [4.78, 5) is 13.1. The van der Waals surface area contributed by atoms with Crippen molar-refractivity contribution in [2.24, 2.45) is 0 Å².